The van der Waals surface area contributed by atoms with Crippen LogP contribution in [0.3, 0.4) is 0 Å². The van der Waals surface area contributed by atoms with Gasteiger partial charge < -0.3 is 9.88 Å². The highest BCUT2D eigenvalue weighted by molar-refractivity contribution is 6.12. The molecule has 10 aromatic carbocycles. The molecule has 61 heavy (non-hydrogen) atoms. The van der Waals surface area contributed by atoms with E-state index in [-0.39, 0.29) is 5.41 Å². The predicted octanol–water partition coefficient (Wildman–Crippen LogP) is 15.4. The average molecular weight is 775 g/mol. The molecule has 1 heterocycles. The minimum Gasteiger partial charge on any atom is -0.356 e. The standard InChI is InChI=1S/C59H38N2/c1-2-14-46(15-3-1)61-57-32-27-42(35-51(57)52-37-45(30-33-58(52)61)60-44-28-24-39(25-29-44)41-23-22-38-12-4-5-13-40(38)34-41)43-26-31-50-49-18-8-11-21-55(49)59(56(50)36-43)53-19-9-6-16-47(53)48-17-7-10-20-54(48)59/h1-37,60H. The van der Waals surface area contributed by atoms with Gasteiger partial charge in [0, 0.05) is 27.8 Å². The zero-order valence-corrected chi connectivity index (χ0v) is 33.3. The van der Waals surface area contributed by atoms with Gasteiger partial charge in [-0.25, -0.2) is 0 Å². The third-order valence-electron chi connectivity index (χ3n) is 13.4. The fourth-order valence-electron chi connectivity index (χ4n) is 10.7. The van der Waals surface area contributed by atoms with Crippen molar-refractivity contribution >= 4 is 44.0 Å². The first kappa shape index (κ1) is 34.0. The van der Waals surface area contributed by atoms with Crippen LogP contribution in [-0.2, 0) is 5.41 Å². The predicted molar refractivity (Wildman–Crippen MR) is 255 cm³/mol. The summed E-state index contributed by atoms with van der Waals surface area (Å²) in [5, 5.41) is 8.68. The molecule has 2 aliphatic rings. The topological polar surface area (TPSA) is 17.0 Å². The Hall–Kier alpha value is -7.94. The molecule has 1 aromatic heterocycles. The summed E-state index contributed by atoms with van der Waals surface area (Å²) in [6.07, 6.45) is 0. The molecule has 0 atom stereocenters. The molecule has 0 unspecified atom stereocenters. The van der Waals surface area contributed by atoms with Crippen molar-refractivity contribution in [2.75, 3.05) is 5.32 Å². The highest BCUT2D eigenvalue weighted by Crippen LogP contribution is 2.63. The minimum atomic E-state index is -0.378. The van der Waals surface area contributed by atoms with E-state index in [1.807, 2.05) is 0 Å². The number of fused-ring (bicyclic) bond motifs is 14. The van der Waals surface area contributed by atoms with E-state index in [2.05, 4.69) is 234 Å². The summed E-state index contributed by atoms with van der Waals surface area (Å²) in [6, 6.07) is 82.8. The molecule has 1 spiro atoms. The van der Waals surface area contributed by atoms with Crippen molar-refractivity contribution in [2.24, 2.45) is 0 Å². The quantitative estimate of drug-likeness (QED) is 0.184. The van der Waals surface area contributed by atoms with Crippen molar-refractivity contribution in [3.05, 3.63) is 247 Å². The Bertz CT molecular complexity index is 3490. The highest BCUT2D eigenvalue weighted by Gasteiger charge is 2.51. The van der Waals surface area contributed by atoms with E-state index in [9.17, 15) is 0 Å². The molecule has 0 aliphatic heterocycles. The van der Waals surface area contributed by atoms with E-state index >= 15 is 0 Å². The first-order valence-electron chi connectivity index (χ1n) is 21.2. The second-order valence-electron chi connectivity index (χ2n) is 16.5. The zero-order chi connectivity index (χ0) is 40.1. The number of aromatic nitrogens is 1. The van der Waals surface area contributed by atoms with Gasteiger partial charge in [-0.2, -0.15) is 0 Å². The van der Waals surface area contributed by atoms with Crippen LogP contribution in [0.1, 0.15) is 22.3 Å². The molecule has 0 amide bonds. The Kier molecular flexibility index (Phi) is 7.26. The van der Waals surface area contributed by atoms with Crippen molar-refractivity contribution in [2.45, 2.75) is 5.41 Å². The number of hydrogen-bond acceptors (Lipinski definition) is 1. The van der Waals surface area contributed by atoms with E-state index in [1.54, 1.807) is 0 Å². The van der Waals surface area contributed by atoms with Crippen LogP contribution in [-0.4, -0.2) is 4.57 Å². The van der Waals surface area contributed by atoms with Gasteiger partial charge in [0.25, 0.3) is 0 Å². The second-order valence-corrected chi connectivity index (χ2v) is 16.5. The van der Waals surface area contributed by atoms with Gasteiger partial charge in [0.2, 0.25) is 0 Å². The molecule has 0 radical (unpaired) electrons. The third kappa shape index (κ3) is 4.97. The third-order valence-corrected chi connectivity index (χ3v) is 13.4. The van der Waals surface area contributed by atoms with E-state index in [0.29, 0.717) is 0 Å². The number of rotatable bonds is 5. The number of nitrogens with one attached hydrogen (secondary N) is 1. The fraction of sp³-hybridized carbons (Fsp3) is 0.0169. The van der Waals surface area contributed by atoms with Crippen LogP contribution in [0.25, 0.3) is 82.8 Å². The maximum atomic E-state index is 3.74. The maximum Gasteiger partial charge on any atom is 0.0725 e. The lowest BCUT2D eigenvalue weighted by atomic mass is 9.70. The highest BCUT2D eigenvalue weighted by atomic mass is 15.0. The molecular weight excluding hydrogens is 737 g/mol. The molecule has 11 aromatic rings. The summed E-state index contributed by atoms with van der Waals surface area (Å²) in [4.78, 5) is 0. The summed E-state index contributed by atoms with van der Waals surface area (Å²) in [7, 11) is 0. The van der Waals surface area contributed by atoms with Crippen LogP contribution >= 0.6 is 0 Å². The van der Waals surface area contributed by atoms with Crippen LogP contribution in [0, 0.1) is 0 Å². The van der Waals surface area contributed by atoms with Gasteiger partial charge in [-0.1, -0.05) is 158 Å². The van der Waals surface area contributed by atoms with Crippen molar-refractivity contribution in [1.29, 1.82) is 0 Å². The normalized spacial score (nSPS) is 13.0. The monoisotopic (exact) mass is 774 g/mol. The first-order chi connectivity index (χ1) is 30.2. The van der Waals surface area contributed by atoms with Gasteiger partial charge in [0.05, 0.1) is 16.4 Å². The number of hydrogen-bond donors (Lipinski definition) is 1. The van der Waals surface area contributed by atoms with Crippen LogP contribution in [0.5, 0.6) is 0 Å². The van der Waals surface area contributed by atoms with Crippen molar-refractivity contribution in [1.82, 2.24) is 4.57 Å². The Balaban J connectivity index is 0.938. The Morgan fingerprint density at radius 2 is 0.803 bits per heavy atom. The Morgan fingerprint density at radius 3 is 1.51 bits per heavy atom. The largest absolute Gasteiger partial charge is 0.356 e. The summed E-state index contributed by atoms with van der Waals surface area (Å²) in [5.41, 5.74) is 20.8. The lowest BCUT2D eigenvalue weighted by Crippen LogP contribution is -2.25. The molecule has 13 rings (SSSR count). The van der Waals surface area contributed by atoms with Gasteiger partial charge in [0.15, 0.2) is 0 Å². The summed E-state index contributed by atoms with van der Waals surface area (Å²) in [5.74, 6) is 0. The molecule has 2 heteroatoms. The van der Waals surface area contributed by atoms with Gasteiger partial charge in [-0.3, -0.25) is 0 Å². The van der Waals surface area contributed by atoms with Crippen molar-refractivity contribution in [3.8, 4) is 50.2 Å². The van der Waals surface area contributed by atoms with E-state index in [1.165, 1.54) is 99.3 Å². The fourth-order valence-corrected chi connectivity index (χ4v) is 10.7. The minimum absolute atomic E-state index is 0.378. The molecule has 0 saturated heterocycles. The SMILES string of the molecule is c1ccc(-n2c3ccc(Nc4ccc(-c5ccc6ccccc6c5)cc4)cc3c3cc(-c4ccc5c(c4)C4(c6ccccc6-c6ccccc64)c4ccccc4-5)ccc32)cc1. The van der Waals surface area contributed by atoms with Crippen molar-refractivity contribution < 1.29 is 0 Å². The number of anilines is 2. The van der Waals surface area contributed by atoms with E-state index in [4.69, 9.17) is 0 Å². The van der Waals surface area contributed by atoms with Crippen LogP contribution < -0.4 is 5.32 Å². The summed E-state index contributed by atoms with van der Waals surface area (Å²) >= 11 is 0. The molecule has 0 bridgehead atoms. The summed E-state index contributed by atoms with van der Waals surface area (Å²) in [6.45, 7) is 0. The van der Waals surface area contributed by atoms with Gasteiger partial charge in [-0.15, -0.1) is 0 Å². The van der Waals surface area contributed by atoms with Crippen molar-refractivity contribution in [3.63, 3.8) is 0 Å². The van der Waals surface area contributed by atoms with Gasteiger partial charge in [-0.05, 0) is 144 Å². The smallest absolute Gasteiger partial charge is 0.0725 e. The molecule has 284 valence electrons. The molecule has 2 nitrogen and oxygen atoms in total. The van der Waals surface area contributed by atoms with Gasteiger partial charge >= 0.3 is 0 Å². The van der Waals surface area contributed by atoms with E-state index in [0.717, 1.165) is 17.1 Å². The molecule has 0 saturated carbocycles. The average Bonchev–Trinajstić information content (AvgIpc) is 3.93. The molecular formula is C59H38N2. The summed E-state index contributed by atoms with van der Waals surface area (Å²) < 4.78 is 2.40. The van der Waals surface area contributed by atoms with E-state index < -0.39 is 0 Å². The lowest BCUT2D eigenvalue weighted by molar-refractivity contribution is 0.794. The van der Waals surface area contributed by atoms with Crippen LogP contribution in [0.2, 0.25) is 0 Å². The maximum absolute atomic E-state index is 3.74. The van der Waals surface area contributed by atoms with Gasteiger partial charge in [0.1, 0.15) is 0 Å². The Morgan fingerprint density at radius 1 is 0.311 bits per heavy atom. The number of nitrogens with zero attached hydrogens (tertiary/aromatic N) is 1. The molecule has 2 aliphatic carbocycles. The zero-order valence-electron chi connectivity index (χ0n) is 33.3. The number of para-hydroxylation sites is 1. The number of benzene rings is 10. The van der Waals surface area contributed by atoms with Crippen LogP contribution in [0.15, 0.2) is 224 Å². The molecule has 1 N–H and O–H groups in total. The van der Waals surface area contributed by atoms with Crippen LogP contribution in [0.4, 0.5) is 11.4 Å². The first-order valence-corrected chi connectivity index (χ1v) is 21.2. The second kappa shape index (κ2) is 13.0. The lowest BCUT2D eigenvalue weighted by Gasteiger charge is -2.30. The Labute approximate surface area is 354 Å². The molecule has 0 fully saturated rings.